The fraction of sp³-hybridized carbons (Fsp3) is 0.114. The zero-order valence-electron chi connectivity index (χ0n) is 26.6. The number of aliphatic hydroxyl groups is 1. The normalized spacial score (nSPS) is 11.3. The van der Waals surface area contributed by atoms with E-state index in [2.05, 4.69) is 30.7 Å². The van der Waals surface area contributed by atoms with Crippen molar-refractivity contribution in [2.75, 3.05) is 30.5 Å². The number of aliphatic hydroxyl groups excluding tert-OH is 1. The fourth-order valence-corrected chi connectivity index (χ4v) is 4.68. The van der Waals surface area contributed by atoms with Gasteiger partial charge in [-0.05, 0) is 73.2 Å². The van der Waals surface area contributed by atoms with Crippen molar-refractivity contribution >= 4 is 40.3 Å². The first kappa shape index (κ1) is 32.9. The van der Waals surface area contributed by atoms with E-state index < -0.39 is 5.91 Å². The molecule has 48 heavy (non-hydrogen) atoms. The highest BCUT2D eigenvalue weighted by molar-refractivity contribution is 6.17. The predicted octanol–water partition coefficient (Wildman–Crippen LogP) is 6.92. The van der Waals surface area contributed by atoms with Crippen LogP contribution in [0.3, 0.4) is 0 Å². The first-order valence-electron chi connectivity index (χ1n) is 14.6. The van der Waals surface area contributed by atoms with Gasteiger partial charge < -0.3 is 30.6 Å². The molecule has 1 amide bonds. The number of carbonyl (C=O) groups is 1. The van der Waals surface area contributed by atoms with Crippen LogP contribution >= 0.6 is 0 Å². The molecule has 0 aliphatic rings. The second-order valence-corrected chi connectivity index (χ2v) is 10.4. The summed E-state index contributed by atoms with van der Waals surface area (Å²) in [6, 6.07) is 20.4. The zero-order valence-corrected chi connectivity index (χ0v) is 26.6. The van der Waals surface area contributed by atoms with E-state index in [1.807, 2.05) is 37.5 Å². The number of hydrogen-bond donors (Lipinski definition) is 4. The minimum Gasteiger partial charge on any atom is -0.515 e. The molecule has 0 fully saturated rings. The second kappa shape index (κ2) is 14.7. The van der Waals surface area contributed by atoms with Gasteiger partial charge in [-0.2, -0.15) is 15.1 Å². The van der Waals surface area contributed by atoms with Crippen molar-refractivity contribution in [1.82, 2.24) is 19.7 Å². The number of nitrogen functional groups attached to an aromatic ring is 1. The molecule has 0 saturated carbocycles. The van der Waals surface area contributed by atoms with Gasteiger partial charge in [-0.25, -0.2) is 4.39 Å². The number of fused-ring (bicyclic) bond motifs is 1. The van der Waals surface area contributed by atoms with Crippen LogP contribution < -0.4 is 21.1 Å². The molecule has 0 bridgehead atoms. The molecule has 0 saturated heterocycles. The largest absolute Gasteiger partial charge is 0.515 e. The number of nitrogens with two attached hydrogens (primary N) is 1. The van der Waals surface area contributed by atoms with E-state index in [-0.39, 0.29) is 11.4 Å². The Bertz CT molecular complexity index is 2100. The minimum absolute atomic E-state index is 0.0233. The van der Waals surface area contributed by atoms with Crippen LogP contribution in [0.25, 0.3) is 33.6 Å². The smallest absolute Gasteiger partial charge is 0.260 e. The lowest BCUT2D eigenvalue weighted by atomic mass is 10.0. The van der Waals surface area contributed by atoms with Gasteiger partial charge in [-0.15, -0.1) is 0 Å². The number of carbonyl (C=O) groups excluding carboxylic acids is 1. The lowest BCUT2D eigenvalue weighted by molar-refractivity contribution is -0.112. The summed E-state index contributed by atoms with van der Waals surface area (Å²) >= 11 is 0. The summed E-state index contributed by atoms with van der Waals surface area (Å²) in [5, 5.41) is 19.7. The Morgan fingerprint density at radius 1 is 1.06 bits per heavy atom. The molecule has 244 valence electrons. The monoisotopic (exact) mass is 648 g/mol. The maximum absolute atomic E-state index is 12.3. The molecule has 0 aliphatic carbocycles. The van der Waals surface area contributed by atoms with Crippen LogP contribution in [0, 0.1) is 12.7 Å². The number of nitrogens with zero attached hydrogens (tertiary/aromatic N) is 5. The highest BCUT2D eigenvalue weighted by atomic mass is 19.1. The number of aliphatic imine (C=N–C) groups is 1. The molecule has 6 rings (SSSR count). The van der Waals surface area contributed by atoms with Gasteiger partial charge in [0.1, 0.15) is 28.5 Å². The maximum atomic E-state index is 12.3. The number of furan rings is 1. The molecule has 0 atom stereocenters. The summed E-state index contributed by atoms with van der Waals surface area (Å²) in [6.07, 6.45) is 5.53. The molecule has 3 aromatic carbocycles. The molecule has 0 spiro atoms. The third-order valence-electron chi connectivity index (χ3n) is 6.90. The van der Waals surface area contributed by atoms with Crippen LogP contribution in [0.4, 0.5) is 21.5 Å². The number of hydrogen-bond acceptors (Lipinski definition) is 10. The number of amides is 1. The highest BCUT2D eigenvalue weighted by Gasteiger charge is 2.25. The number of ether oxygens (including phenoxy) is 1. The number of nitrogens with one attached hydrogen (secondary N) is 2. The highest BCUT2D eigenvalue weighted by Crippen LogP contribution is 2.44. The lowest BCUT2D eigenvalue weighted by Gasteiger charge is -2.10. The summed E-state index contributed by atoms with van der Waals surface area (Å²) in [7, 11) is 5.13. The van der Waals surface area contributed by atoms with Crippen LogP contribution in [0.1, 0.15) is 5.82 Å². The van der Waals surface area contributed by atoms with Crippen molar-refractivity contribution in [3.8, 4) is 34.1 Å². The Kier molecular flexibility index (Phi) is 10.1. The van der Waals surface area contributed by atoms with Crippen molar-refractivity contribution in [1.29, 1.82) is 0 Å². The van der Waals surface area contributed by atoms with Gasteiger partial charge in [-0.1, -0.05) is 12.1 Å². The van der Waals surface area contributed by atoms with Gasteiger partial charge in [0.05, 0.1) is 23.6 Å². The molecule has 0 unspecified atom stereocenters. The van der Waals surface area contributed by atoms with Crippen LogP contribution in [0.2, 0.25) is 0 Å². The molecule has 3 aromatic heterocycles. The SMILES string of the molecule is CN=C/C(=C/O)C(=O)Nc1ccc(Oc2nc(C)nc3oc(-c4cnn(C)c4)c(-c4cccc(N)c4)c23)cc1.CNc1ccc(F)cc1. The molecule has 0 radical (unpaired) electrons. The van der Waals surface area contributed by atoms with Crippen molar-refractivity contribution in [2.45, 2.75) is 6.92 Å². The Hall–Kier alpha value is -6.50. The van der Waals surface area contributed by atoms with Gasteiger partial charge in [0.25, 0.3) is 5.91 Å². The number of aromatic nitrogens is 4. The Labute approximate surface area is 275 Å². The van der Waals surface area contributed by atoms with Crippen LogP contribution in [-0.2, 0) is 11.8 Å². The molecule has 13 heteroatoms. The number of halogens is 1. The quantitative estimate of drug-likeness (QED) is 0.0593. The van der Waals surface area contributed by atoms with E-state index in [9.17, 15) is 14.3 Å². The van der Waals surface area contributed by atoms with E-state index in [0.29, 0.717) is 52.0 Å². The molecular weight excluding hydrogens is 615 g/mol. The molecule has 3 heterocycles. The van der Waals surface area contributed by atoms with E-state index in [0.717, 1.165) is 22.4 Å². The van der Waals surface area contributed by atoms with Crippen LogP contribution in [0.5, 0.6) is 11.6 Å². The van der Waals surface area contributed by atoms with E-state index >= 15 is 0 Å². The fourth-order valence-electron chi connectivity index (χ4n) is 4.68. The average Bonchev–Trinajstić information content (AvgIpc) is 3.68. The molecule has 0 aliphatic heterocycles. The summed E-state index contributed by atoms with van der Waals surface area (Å²) in [5.41, 5.74) is 10.8. The zero-order chi connectivity index (χ0) is 34.2. The molecular formula is C35H33FN8O4. The van der Waals surface area contributed by atoms with Gasteiger partial charge in [0, 0.05) is 56.2 Å². The number of rotatable bonds is 8. The Balaban J connectivity index is 0.000000434. The van der Waals surface area contributed by atoms with Crippen molar-refractivity contribution < 1.29 is 23.4 Å². The van der Waals surface area contributed by atoms with Gasteiger partial charge in [0.15, 0.2) is 0 Å². The van der Waals surface area contributed by atoms with Crippen molar-refractivity contribution in [2.24, 2.45) is 12.0 Å². The third-order valence-corrected chi connectivity index (χ3v) is 6.90. The summed E-state index contributed by atoms with van der Waals surface area (Å²) < 4.78 is 26.4. The van der Waals surface area contributed by atoms with E-state index in [4.69, 9.17) is 14.9 Å². The summed E-state index contributed by atoms with van der Waals surface area (Å²) in [6.45, 7) is 1.75. The topological polar surface area (TPSA) is 166 Å². The minimum atomic E-state index is -0.502. The van der Waals surface area contributed by atoms with Crippen molar-refractivity contribution in [3.63, 3.8) is 0 Å². The van der Waals surface area contributed by atoms with E-state index in [1.54, 1.807) is 61.2 Å². The lowest BCUT2D eigenvalue weighted by Crippen LogP contribution is -2.15. The number of aryl methyl sites for hydroxylation is 2. The standard InChI is InChI=1S/C28H25N7O4.C7H8FN/c1-16-32-27(38-22-9-7-21(8-10-22)34-26(37)19(15-36)12-30-2)24-23(17-5-4-6-20(29)11-17)25(39-28(24)33-16)18-13-31-35(3)14-18;1-9-7-4-2-6(8)3-5-7/h4-15,36H,29H2,1-3H3,(H,34,37);2-5,9H,1H3/b19-15-,30-12?;. The average molecular weight is 649 g/mol. The molecule has 12 nitrogen and oxygen atoms in total. The summed E-state index contributed by atoms with van der Waals surface area (Å²) in [4.78, 5) is 25.2. The maximum Gasteiger partial charge on any atom is 0.260 e. The van der Waals surface area contributed by atoms with Crippen molar-refractivity contribution in [3.05, 3.63) is 109 Å². The van der Waals surface area contributed by atoms with Crippen LogP contribution in [-0.4, -0.2) is 51.1 Å². The first-order valence-corrected chi connectivity index (χ1v) is 14.6. The van der Waals surface area contributed by atoms with Crippen LogP contribution in [0.15, 0.2) is 106 Å². The van der Waals surface area contributed by atoms with E-state index in [1.165, 1.54) is 25.4 Å². The Morgan fingerprint density at radius 2 is 1.79 bits per heavy atom. The Morgan fingerprint density at radius 3 is 2.42 bits per heavy atom. The number of anilines is 3. The first-order chi connectivity index (χ1) is 23.2. The third kappa shape index (κ3) is 7.65. The second-order valence-electron chi connectivity index (χ2n) is 10.4. The van der Waals surface area contributed by atoms with Gasteiger partial charge in [-0.3, -0.25) is 14.5 Å². The van der Waals surface area contributed by atoms with Gasteiger partial charge >= 0.3 is 0 Å². The molecule has 6 aromatic rings. The number of benzene rings is 3. The summed E-state index contributed by atoms with van der Waals surface area (Å²) in [5.74, 6) is 1.10. The van der Waals surface area contributed by atoms with Gasteiger partial charge in [0.2, 0.25) is 11.6 Å². The predicted molar refractivity (Wildman–Crippen MR) is 185 cm³/mol. The molecule has 5 N–H and O–H groups in total.